The zero-order valence-electron chi connectivity index (χ0n) is 24.5. The minimum absolute atomic E-state index is 0.0284. The van der Waals surface area contributed by atoms with Crippen molar-refractivity contribution in [3.8, 4) is 22.9 Å². The normalized spacial score (nSPS) is 20.0. The third-order valence-electron chi connectivity index (χ3n) is 8.82. The SMILES string of the molecule is CC1=CC(C2=CC(C)C(c3nnc(-c4cccc5ccccc45)o3)C=C2)CC=C1c1nnc(-c2cccc3ccccc23)o1. The summed E-state index contributed by atoms with van der Waals surface area (Å²) in [5.41, 5.74) is 5.33. The van der Waals surface area contributed by atoms with Crippen LogP contribution in [0, 0.1) is 11.8 Å². The number of hydrogen-bond acceptors (Lipinski definition) is 6. The molecule has 0 bridgehead atoms. The molecule has 2 aromatic heterocycles. The predicted molar refractivity (Wildman–Crippen MR) is 173 cm³/mol. The van der Waals surface area contributed by atoms with Gasteiger partial charge in [0.05, 0.1) is 5.92 Å². The Morgan fingerprint density at radius 1 is 0.659 bits per heavy atom. The van der Waals surface area contributed by atoms with Crippen LogP contribution in [-0.2, 0) is 0 Å². The number of benzene rings is 4. The van der Waals surface area contributed by atoms with Crippen molar-refractivity contribution in [1.29, 1.82) is 0 Å². The van der Waals surface area contributed by atoms with E-state index >= 15 is 0 Å². The van der Waals surface area contributed by atoms with Crippen LogP contribution in [0.25, 0.3) is 50.0 Å². The predicted octanol–water partition coefficient (Wildman–Crippen LogP) is 9.36. The molecular formula is C38H30N4O2. The topological polar surface area (TPSA) is 77.8 Å². The van der Waals surface area contributed by atoms with Gasteiger partial charge < -0.3 is 8.83 Å². The second-order valence-corrected chi connectivity index (χ2v) is 11.6. The lowest BCUT2D eigenvalue weighted by Crippen LogP contribution is -2.14. The summed E-state index contributed by atoms with van der Waals surface area (Å²) >= 11 is 0. The minimum Gasteiger partial charge on any atom is -0.420 e. The lowest BCUT2D eigenvalue weighted by molar-refractivity contribution is 0.444. The molecule has 8 rings (SSSR count). The summed E-state index contributed by atoms with van der Waals surface area (Å²) < 4.78 is 12.5. The van der Waals surface area contributed by atoms with E-state index in [9.17, 15) is 0 Å². The highest BCUT2D eigenvalue weighted by molar-refractivity contribution is 5.95. The van der Waals surface area contributed by atoms with E-state index in [1.165, 1.54) is 5.57 Å². The second kappa shape index (κ2) is 10.7. The van der Waals surface area contributed by atoms with Crippen molar-refractivity contribution < 1.29 is 8.83 Å². The smallest absolute Gasteiger partial charge is 0.248 e. The zero-order valence-corrected chi connectivity index (χ0v) is 24.5. The van der Waals surface area contributed by atoms with Gasteiger partial charge in [0, 0.05) is 22.6 Å². The molecular weight excluding hydrogens is 544 g/mol. The second-order valence-electron chi connectivity index (χ2n) is 11.6. The molecule has 0 saturated heterocycles. The van der Waals surface area contributed by atoms with E-state index in [1.54, 1.807) is 0 Å². The molecule has 0 spiro atoms. The first-order valence-electron chi connectivity index (χ1n) is 15.0. The van der Waals surface area contributed by atoms with Gasteiger partial charge in [-0.15, -0.1) is 20.4 Å². The van der Waals surface area contributed by atoms with Gasteiger partial charge in [-0.2, -0.15) is 0 Å². The Balaban J connectivity index is 0.992. The van der Waals surface area contributed by atoms with Crippen LogP contribution in [0.5, 0.6) is 0 Å². The van der Waals surface area contributed by atoms with Crippen LogP contribution in [0.4, 0.5) is 0 Å². The van der Waals surface area contributed by atoms with Gasteiger partial charge in [0.2, 0.25) is 23.6 Å². The number of rotatable bonds is 5. The molecule has 44 heavy (non-hydrogen) atoms. The van der Waals surface area contributed by atoms with Crippen molar-refractivity contribution in [2.75, 3.05) is 0 Å². The summed E-state index contributed by atoms with van der Waals surface area (Å²) in [6.07, 6.45) is 12.2. The van der Waals surface area contributed by atoms with Crippen LogP contribution >= 0.6 is 0 Å². The molecule has 0 fully saturated rings. The summed E-state index contributed by atoms with van der Waals surface area (Å²) in [6, 6.07) is 28.8. The summed E-state index contributed by atoms with van der Waals surface area (Å²) in [4.78, 5) is 0. The van der Waals surface area contributed by atoms with Gasteiger partial charge >= 0.3 is 0 Å². The number of nitrogens with zero attached hydrogens (tertiary/aromatic N) is 4. The first-order valence-corrected chi connectivity index (χ1v) is 15.0. The monoisotopic (exact) mass is 574 g/mol. The maximum Gasteiger partial charge on any atom is 0.248 e. The molecule has 6 heteroatoms. The first kappa shape index (κ1) is 26.3. The standard InChI is InChI=1S/C38H30N4O2/c1-23-21-27(17-19-29(23)35-39-41-37(43-35)33-15-7-11-25-9-3-5-13-31(25)33)28-18-20-30(24(2)22-28)36-40-42-38(44-36)34-16-8-12-26-10-4-6-14-32(26)34/h3-17,19-23,28-29H,18H2,1-2H3. The number of hydrogen-bond donors (Lipinski definition) is 0. The highest BCUT2D eigenvalue weighted by Gasteiger charge is 2.28. The molecule has 214 valence electrons. The van der Waals surface area contributed by atoms with Gasteiger partial charge in [-0.05, 0) is 64.1 Å². The van der Waals surface area contributed by atoms with Gasteiger partial charge in [-0.3, -0.25) is 0 Å². The Labute approximate surface area is 255 Å². The average Bonchev–Trinajstić information content (AvgIpc) is 3.75. The maximum absolute atomic E-state index is 6.26. The van der Waals surface area contributed by atoms with E-state index in [0.29, 0.717) is 23.6 Å². The molecule has 3 atom stereocenters. The lowest BCUT2D eigenvalue weighted by Gasteiger charge is -2.25. The fourth-order valence-corrected chi connectivity index (χ4v) is 6.50. The van der Waals surface area contributed by atoms with Crippen LogP contribution in [0.1, 0.15) is 38.0 Å². The minimum atomic E-state index is 0.0284. The van der Waals surface area contributed by atoms with Crippen molar-refractivity contribution in [3.63, 3.8) is 0 Å². The molecule has 0 saturated carbocycles. The molecule has 2 heterocycles. The molecule has 0 N–H and O–H groups in total. The largest absolute Gasteiger partial charge is 0.420 e. The quantitative estimate of drug-likeness (QED) is 0.204. The van der Waals surface area contributed by atoms with E-state index in [-0.39, 0.29) is 17.8 Å². The van der Waals surface area contributed by atoms with Gasteiger partial charge in [0.15, 0.2) is 0 Å². The molecule has 0 aliphatic heterocycles. The van der Waals surface area contributed by atoms with Gasteiger partial charge in [0.25, 0.3) is 0 Å². The van der Waals surface area contributed by atoms with Crippen molar-refractivity contribution in [2.24, 2.45) is 11.8 Å². The van der Waals surface area contributed by atoms with Crippen molar-refractivity contribution in [1.82, 2.24) is 20.4 Å². The summed E-state index contributed by atoms with van der Waals surface area (Å²) in [6.45, 7) is 4.33. The molecule has 6 aromatic rings. The van der Waals surface area contributed by atoms with E-state index in [2.05, 4.69) is 101 Å². The summed E-state index contributed by atoms with van der Waals surface area (Å²) in [5.74, 6) is 2.81. The number of fused-ring (bicyclic) bond motifs is 2. The zero-order chi connectivity index (χ0) is 29.6. The van der Waals surface area contributed by atoms with Crippen LogP contribution in [0.15, 0.2) is 135 Å². The van der Waals surface area contributed by atoms with Gasteiger partial charge in [0.1, 0.15) is 0 Å². The van der Waals surface area contributed by atoms with Crippen LogP contribution < -0.4 is 0 Å². The third-order valence-corrected chi connectivity index (χ3v) is 8.82. The van der Waals surface area contributed by atoms with Crippen molar-refractivity contribution >= 4 is 27.1 Å². The number of aromatic nitrogens is 4. The van der Waals surface area contributed by atoms with E-state index in [4.69, 9.17) is 8.83 Å². The third kappa shape index (κ3) is 4.60. The highest BCUT2D eigenvalue weighted by atomic mass is 16.4. The molecule has 2 aliphatic rings. The fourth-order valence-electron chi connectivity index (χ4n) is 6.50. The Kier molecular flexibility index (Phi) is 6.41. The molecule has 0 radical (unpaired) electrons. The average molecular weight is 575 g/mol. The summed E-state index contributed by atoms with van der Waals surface area (Å²) in [7, 11) is 0. The van der Waals surface area contributed by atoms with Crippen molar-refractivity contribution in [2.45, 2.75) is 26.2 Å². The molecule has 2 aliphatic carbocycles. The van der Waals surface area contributed by atoms with Crippen LogP contribution in [-0.4, -0.2) is 20.4 Å². The van der Waals surface area contributed by atoms with Crippen LogP contribution in [0.3, 0.4) is 0 Å². The molecule has 3 unspecified atom stereocenters. The first-order chi connectivity index (χ1) is 21.6. The van der Waals surface area contributed by atoms with E-state index < -0.39 is 0 Å². The van der Waals surface area contributed by atoms with E-state index in [0.717, 1.165) is 50.2 Å². The molecule has 6 nitrogen and oxygen atoms in total. The van der Waals surface area contributed by atoms with E-state index in [1.807, 2.05) is 48.5 Å². The number of allylic oxidation sites excluding steroid dienone is 8. The Morgan fingerprint density at radius 3 is 1.95 bits per heavy atom. The van der Waals surface area contributed by atoms with Crippen molar-refractivity contribution in [3.05, 3.63) is 138 Å². The molecule has 4 aromatic carbocycles. The summed E-state index contributed by atoms with van der Waals surface area (Å²) in [5, 5.41) is 22.2. The Morgan fingerprint density at radius 2 is 1.27 bits per heavy atom. The van der Waals surface area contributed by atoms with Gasteiger partial charge in [-0.1, -0.05) is 110 Å². The van der Waals surface area contributed by atoms with Gasteiger partial charge in [-0.25, -0.2) is 0 Å². The lowest BCUT2D eigenvalue weighted by atomic mass is 9.79. The Bertz CT molecular complexity index is 2150. The highest BCUT2D eigenvalue weighted by Crippen LogP contribution is 2.40. The molecule has 0 amide bonds. The fraction of sp³-hybridized carbons (Fsp3) is 0.158. The Hall–Kier alpha value is -5.36. The maximum atomic E-state index is 6.26. The van der Waals surface area contributed by atoms with Crippen LogP contribution in [0.2, 0.25) is 0 Å².